The first-order valence-electron chi connectivity index (χ1n) is 2.15. The molecule has 0 aliphatic carbocycles. The summed E-state index contributed by atoms with van der Waals surface area (Å²) in [7, 11) is -3.35. The van der Waals surface area contributed by atoms with Crippen molar-refractivity contribution >= 4 is 16.0 Å². The lowest BCUT2D eigenvalue weighted by Gasteiger charge is -2.09. The molecule has 0 fully saturated rings. The number of hydrogen-bond acceptors (Lipinski definition) is 3. The topological polar surface area (TPSA) is 82.1 Å². The van der Waals surface area contributed by atoms with Crippen LogP contribution >= 0.6 is 0 Å². The summed E-state index contributed by atoms with van der Waals surface area (Å²) in [6.07, 6.45) is 1.19. The third-order valence-electron chi connectivity index (χ3n) is 0.719. The minimum Gasteiger partial charge on any atom is -0.332 e. The van der Waals surface area contributed by atoms with Crippen molar-refractivity contribution in [2.75, 3.05) is 0 Å². The first-order valence-corrected chi connectivity index (χ1v) is 3.69. The summed E-state index contributed by atoms with van der Waals surface area (Å²) in [6.45, 7) is 0. The second-order valence-electron chi connectivity index (χ2n) is 1.47. The smallest absolute Gasteiger partial charge is 0.258 e. The van der Waals surface area contributed by atoms with Gasteiger partial charge in [0.1, 0.15) is 0 Å². The van der Waals surface area contributed by atoms with Gasteiger partial charge in [-0.3, -0.25) is 5.41 Å². The van der Waals surface area contributed by atoms with Crippen molar-refractivity contribution in [1.29, 1.82) is 5.41 Å². The maximum absolute atomic E-state index is 10.5. The van der Waals surface area contributed by atoms with Gasteiger partial charge in [0.2, 0.25) is 5.96 Å². The number of sulfonamides is 1. The Morgan fingerprint density at radius 2 is 2.22 bits per heavy atom. The van der Waals surface area contributed by atoms with Gasteiger partial charge in [0, 0.05) is 6.20 Å². The van der Waals surface area contributed by atoms with E-state index in [9.17, 15) is 8.42 Å². The molecule has 0 saturated carbocycles. The van der Waals surface area contributed by atoms with Crippen LogP contribution in [-0.2, 0) is 10.0 Å². The van der Waals surface area contributed by atoms with Crippen molar-refractivity contribution < 1.29 is 8.42 Å². The van der Waals surface area contributed by atoms with E-state index in [2.05, 4.69) is 5.32 Å². The molecule has 0 aromatic carbocycles. The molecule has 0 spiro atoms. The van der Waals surface area contributed by atoms with E-state index in [4.69, 9.17) is 5.41 Å². The minimum absolute atomic E-state index is 0.225. The van der Waals surface area contributed by atoms with Crippen molar-refractivity contribution in [3.8, 4) is 0 Å². The highest BCUT2D eigenvalue weighted by molar-refractivity contribution is 7.93. The molecular weight excluding hydrogens is 142 g/mol. The molecule has 0 radical (unpaired) electrons. The van der Waals surface area contributed by atoms with Crippen LogP contribution < -0.4 is 10.0 Å². The summed E-state index contributed by atoms with van der Waals surface area (Å²) >= 11 is 0. The molecule has 0 bridgehead atoms. The Labute approximate surface area is 52.3 Å². The molecule has 0 aromatic rings. The van der Waals surface area contributed by atoms with Crippen LogP contribution in [-0.4, -0.2) is 14.4 Å². The van der Waals surface area contributed by atoms with Crippen LogP contribution in [0.4, 0.5) is 0 Å². The monoisotopic (exact) mass is 147 g/mol. The van der Waals surface area contributed by atoms with Gasteiger partial charge in [-0.2, -0.15) is 0 Å². The number of hydrogen-bond donors (Lipinski definition) is 3. The molecule has 9 heavy (non-hydrogen) atoms. The predicted molar refractivity (Wildman–Crippen MR) is 32.1 cm³/mol. The van der Waals surface area contributed by atoms with E-state index in [0.29, 0.717) is 0 Å². The van der Waals surface area contributed by atoms with Gasteiger partial charge in [-0.1, -0.05) is 0 Å². The van der Waals surface area contributed by atoms with Crippen LogP contribution in [0.1, 0.15) is 0 Å². The Hall–Kier alpha value is -1.04. The van der Waals surface area contributed by atoms with Crippen molar-refractivity contribution in [2.24, 2.45) is 0 Å². The third kappa shape index (κ3) is 1.43. The molecule has 0 unspecified atom stereocenters. The summed E-state index contributed by atoms with van der Waals surface area (Å²) in [4.78, 5) is 0. The highest BCUT2D eigenvalue weighted by Gasteiger charge is 2.10. The maximum atomic E-state index is 10.5. The zero-order valence-corrected chi connectivity index (χ0v) is 5.20. The maximum Gasteiger partial charge on any atom is 0.258 e. The molecule has 1 rings (SSSR count). The standard InChI is InChI=1S/C3H5N3O2S/c4-3-5-1-2-9(7,8)6-3/h1-2H,(H3,4,5,6). The lowest BCUT2D eigenvalue weighted by molar-refractivity contribution is 0.599. The van der Waals surface area contributed by atoms with E-state index in [1.54, 1.807) is 0 Å². The van der Waals surface area contributed by atoms with Crippen LogP contribution in [0.2, 0.25) is 0 Å². The predicted octanol–water partition coefficient (Wildman–Crippen LogP) is -1.09. The fourth-order valence-electron chi connectivity index (χ4n) is 0.413. The largest absolute Gasteiger partial charge is 0.332 e. The molecule has 1 aliphatic heterocycles. The van der Waals surface area contributed by atoms with Gasteiger partial charge >= 0.3 is 0 Å². The molecule has 0 aromatic heterocycles. The molecule has 1 aliphatic rings. The van der Waals surface area contributed by atoms with Gasteiger partial charge in [-0.25, -0.2) is 13.1 Å². The fraction of sp³-hybridized carbons (Fsp3) is 0. The summed E-state index contributed by atoms with van der Waals surface area (Å²) < 4.78 is 22.9. The zero-order chi connectivity index (χ0) is 6.91. The second-order valence-corrected chi connectivity index (χ2v) is 3.04. The molecule has 3 N–H and O–H groups in total. The van der Waals surface area contributed by atoms with Gasteiger partial charge < -0.3 is 5.32 Å². The van der Waals surface area contributed by atoms with E-state index >= 15 is 0 Å². The lowest BCUT2D eigenvalue weighted by atomic mass is 10.9. The van der Waals surface area contributed by atoms with E-state index in [0.717, 1.165) is 5.41 Å². The Balaban J connectivity index is 2.97. The molecule has 1 heterocycles. The highest BCUT2D eigenvalue weighted by Crippen LogP contribution is 1.88. The molecule has 0 atom stereocenters. The third-order valence-corrected chi connectivity index (χ3v) is 1.70. The summed E-state index contributed by atoms with van der Waals surface area (Å²) in [5, 5.41) is 10.1. The number of guanidine groups is 1. The average molecular weight is 147 g/mol. The minimum atomic E-state index is -3.35. The van der Waals surface area contributed by atoms with Crippen LogP contribution in [0, 0.1) is 5.41 Å². The number of nitrogens with one attached hydrogen (secondary N) is 3. The Morgan fingerprint density at radius 1 is 1.56 bits per heavy atom. The zero-order valence-electron chi connectivity index (χ0n) is 4.38. The van der Waals surface area contributed by atoms with Crippen molar-refractivity contribution in [3.05, 3.63) is 11.6 Å². The van der Waals surface area contributed by atoms with Crippen LogP contribution in [0.3, 0.4) is 0 Å². The molecular formula is C3H5N3O2S. The van der Waals surface area contributed by atoms with Crippen LogP contribution in [0.5, 0.6) is 0 Å². The number of rotatable bonds is 0. The molecule has 6 heteroatoms. The molecule has 0 amide bonds. The Kier molecular flexibility index (Phi) is 1.17. The van der Waals surface area contributed by atoms with Gasteiger partial charge in [0.05, 0.1) is 5.41 Å². The van der Waals surface area contributed by atoms with E-state index < -0.39 is 10.0 Å². The summed E-state index contributed by atoms with van der Waals surface area (Å²) in [6, 6.07) is 0. The fourth-order valence-corrected chi connectivity index (χ4v) is 1.07. The second kappa shape index (κ2) is 1.73. The van der Waals surface area contributed by atoms with E-state index in [1.165, 1.54) is 6.20 Å². The van der Waals surface area contributed by atoms with Crippen molar-refractivity contribution in [1.82, 2.24) is 10.0 Å². The van der Waals surface area contributed by atoms with Crippen LogP contribution in [0.15, 0.2) is 11.6 Å². The van der Waals surface area contributed by atoms with E-state index in [-0.39, 0.29) is 5.96 Å². The van der Waals surface area contributed by atoms with Gasteiger partial charge in [-0.05, 0) is 0 Å². The van der Waals surface area contributed by atoms with Crippen LogP contribution in [0.25, 0.3) is 0 Å². The Morgan fingerprint density at radius 3 is 2.56 bits per heavy atom. The first-order chi connectivity index (χ1) is 4.10. The normalized spacial score (nSPS) is 22.4. The van der Waals surface area contributed by atoms with Crippen molar-refractivity contribution in [2.45, 2.75) is 0 Å². The van der Waals surface area contributed by atoms with Gasteiger partial charge in [0.25, 0.3) is 10.0 Å². The van der Waals surface area contributed by atoms with Gasteiger partial charge in [-0.15, -0.1) is 0 Å². The average Bonchev–Trinajstić information content (AvgIpc) is 1.60. The molecule has 0 saturated heterocycles. The quantitative estimate of drug-likeness (QED) is 0.407. The van der Waals surface area contributed by atoms with Gasteiger partial charge in [0.15, 0.2) is 0 Å². The molecule has 5 nitrogen and oxygen atoms in total. The summed E-state index contributed by atoms with van der Waals surface area (Å²) in [5.41, 5.74) is 0. The lowest BCUT2D eigenvalue weighted by Crippen LogP contribution is -2.40. The summed E-state index contributed by atoms with van der Waals surface area (Å²) in [5.74, 6) is -0.225. The van der Waals surface area contributed by atoms with Crippen molar-refractivity contribution in [3.63, 3.8) is 0 Å². The first kappa shape index (κ1) is 6.09. The Bertz CT molecular complexity index is 252. The highest BCUT2D eigenvalue weighted by atomic mass is 32.2. The SMILES string of the molecule is N=C1NC=CS(=O)(=O)N1. The van der Waals surface area contributed by atoms with E-state index in [1.807, 2.05) is 4.72 Å². The molecule has 50 valence electrons.